The lowest BCUT2D eigenvalue weighted by Gasteiger charge is -1.98. The van der Waals surface area contributed by atoms with Crippen LogP contribution in [0.15, 0.2) is 42.6 Å². The van der Waals surface area contributed by atoms with E-state index in [1.807, 2.05) is 30.3 Å². The maximum Gasteiger partial charge on any atom is 0.267 e. The van der Waals surface area contributed by atoms with Gasteiger partial charge >= 0.3 is 0 Å². The van der Waals surface area contributed by atoms with Crippen molar-refractivity contribution >= 4 is 12.0 Å². The van der Waals surface area contributed by atoms with Gasteiger partial charge in [-0.2, -0.15) is 0 Å². The van der Waals surface area contributed by atoms with Crippen molar-refractivity contribution in [2.75, 3.05) is 7.11 Å². The topological polar surface area (TPSA) is 69.0 Å². The van der Waals surface area contributed by atoms with E-state index < -0.39 is 0 Å². The standard InChI is InChI=1S/C13H14N4O2/c1-19-15-13(18)8-7-12-10-17(16-14-12)9-11-5-3-2-4-6-11/h2-8,10H,9H2,1H3,(H,15,18)/b8-7+. The molecule has 1 aromatic carbocycles. The summed E-state index contributed by atoms with van der Waals surface area (Å²) in [6.45, 7) is 0.645. The van der Waals surface area contributed by atoms with Gasteiger partial charge in [-0.3, -0.25) is 9.63 Å². The third-order valence-electron chi connectivity index (χ3n) is 2.35. The molecule has 0 aliphatic rings. The first-order valence-electron chi connectivity index (χ1n) is 5.73. The van der Waals surface area contributed by atoms with Gasteiger partial charge < -0.3 is 0 Å². The molecule has 0 radical (unpaired) electrons. The Kier molecular flexibility index (Phi) is 4.41. The van der Waals surface area contributed by atoms with Gasteiger partial charge in [-0.05, 0) is 11.6 Å². The van der Waals surface area contributed by atoms with E-state index in [0.29, 0.717) is 12.2 Å². The number of aromatic nitrogens is 3. The summed E-state index contributed by atoms with van der Waals surface area (Å²) in [5.41, 5.74) is 3.93. The largest absolute Gasteiger partial charge is 0.277 e. The van der Waals surface area contributed by atoms with Crippen molar-refractivity contribution in [3.63, 3.8) is 0 Å². The molecular weight excluding hydrogens is 244 g/mol. The molecule has 2 rings (SSSR count). The lowest BCUT2D eigenvalue weighted by molar-refractivity contribution is -0.126. The van der Waals surface area contributed by atoms with E-state index in [9.17, 15) is 4.79 Å². The highest BCUT2D eigenvalue weighted by Gasteiger charge is 1.99. The average molecular weight is 258 g/mol. The summed E-state index contributed by atoms with van der Waals surface area (Å²) in [6.07, 6.45) is 4.67. The Morgan fingerprint density at radius 2 is 2.21 bits per heavy atom. The van der Waals surface area contributed by atoms with E-state index in [1.165, 1.54) is 13.2 Å². The van der Waals surface area contributed by atoms with Gasteiger partial charge in [-0.15, -0.1) is 5.10 Å². The number of amides is 1. The molecule has 19 heavy (non-hydrogen) atoms. The highest BCUT2D eigenvalue weighted by molar-refractivity contribution is 5.90. The summed E-state index contributed by atoms with van der Waals surface area (Å²) in [7, 11) is 1.38. The number of carbonyl (C=O) groups is 1. The molecular formula is C13H14N4O2. The number of benzene rings is 1. The van der Waals surface area contributed by atoms with Crippen LogP contribution in [-0.2, 0) is 16.2 Å². The molecule has 0 atom stereocenters. The quantitative estimate of drug-likeness (QED) is 0.642. The summed E-state index contributed by atoms with van der Waals surface area (Å²) in [4.78, 5) is 15.6. The summed E-state index contributed by atoms with van der Waals surface area (Å²) in [6, 6.07) is 9.95. The molecule has 1 heterocycles. The van der Waals surface area contributed by atoms with Crippen molar-refractivity contribution in [2.24, 2.45) is 0 Å². The highest BCUT2D eigenvalue weighted by atomic mass is 16.6. The Hall–Kier alpha value is -2.47. The molecule has 0 aliphatic heterocycles. The van der Waals surface area contributed by atoms with Crippen LogP contribution in [0.4, 0.5) is 0 Å². The number of rotatable bonds is 5. The van der Waals surface area contributed by atoms with Crippen molar-refractivity contribution in [1.29, 1.82) is 0 Å². The van der Waals surface area contributed by atoms with Crippen LogP contribution in [-0.4, -0.2) is 28.0 Å². The van der Waals surface area contributed by atoms with Crippen LogP contribution < -0.4 is 5.48 Å². The van der Waals surface area contributed by atoms with E-state index in [-0.39, 0.29) is 5.91 Å². The molecule has 0 fully saturated rings. The highest BCUT2D eigenvalue weighted by Crippen LogP contribution is 2.03. The summed E-state index contributed by atoms with van der Waals surface area (Å²) >= 11 is 0. The number of nitrogens with zero attached hydrogens (tertiary/aromatic N) is 3. The normalized spacial score (nSPS) is 10.8. The van der Waals surface area contributed by atoms with Crippen molar-refractivity contribution in [2.45, 2.75) is 6.54 Å². The van der Waals surface area contributed by atoms with Crippen molar-refractivity contribution in [3.8, 4) is 0 Å². The Bertz CT molecular complexity index is 563. The van der Waals surface area contributed by atoms with Crippen LogP contribution in [0.5, 0.6) is 0 Å². The minimum atomic E-state index is -0.347. The number of hydrogen-bond acceptors (Lipinski definition) is 4. The van der Waals surface area contributed by atoms with E-state index >= 15 is 0 Å². The minimum Gasteiger partial charge on any atom is -0.277 e. The lowest BCUT2D eigenvalue weighted by atomic mass is 10.2. The number of nitrogens with one attached hydrogen (secondary N) is 1. The van der Waals surface area contributed by atoms with Gasteiger partial charge in [0.1, 0.15) is 5.69 Å². The maximum absolute atomic E-state index is 11.1. The Labute approximate surface area is 110 Å². The molecule has 0 unspecified atom stereocenters. The predicted molar refractivity (Wildman–Crippen MR) is 69.8 cm³/mol. The van der Waals surface area contributed by atoms with Crippen LogP contribution in [0.2, 0.25) is 0 Å². The van der Waals surface area contributed by atoms with Crippen LogP contribution >= 0.6 is 0 Å². The molecule has 6 heteroatoms. The monoisotopic (exact) mass is 258 g/mol. The molecule has 2 aromatic rings. The van der Waals surface area contributed by atoms with Gasteiger partial charge in [0, 0.05) is 6.08 Å². The second kappa shape index (κ2) is 6.46. The first kappa shape index (κ1) is 13.0. The van der Waals surface area contributed by atoms with Gasteiger partial charge in [0.25, 0.3) is 5.91 Å². The fraction of sp³-hybridized carbons (Fsp3) is 0.154. The molecule has 0 saturated heterocycles. The maximum atomic E-state index is 11.1. The molecule has 0 bridgehead atoms. The number of hydroxylamine groups is 1. The molecule has 0 saturated carbocycles. The summed E-state index contributed by atoms with van der Waals surface area (Å²) < 4.78 is 1.71. The minimum absolute atomic E-state index is 0.347. The third kappa shape index (κ3) is 4.04. The fourth-order valence-corrected chi connectivity index (χ4v) is 1.53. The van der Waals surface area contributed by atoms with E-state index in [0.717, 1.165) is 5.56 Å². The predicted octanol–water partition coefficient (Wildman–Crippen LogP) is 1.02. The number of hydrogen-bond donors (Lipinski definition) is 1. The summed E-state index contributed by atoms with van der Waals surface area (Å²) in [5.74, 6) is -0.347. The lowest BCUT2D eigenvalue weighted by Crippen LogP contribution is -2.18. The van der Waals surface area contributed by atoms with Crippen molar-refractivity contribution < 1.29 is 9.63 Å². The van der Waals surface area contributed by atoms with Crippen LogP contribution in [0, 0.1) is 0 Å². The first-order valence-corrected chi connectivity index (χ1v) is 5.73. The molecule has 1 N–H and O–H groups in total. The average Bonchev–Trinajstić information content (AvgIpc) is 2.86. The van der Waals surface area contributed by atoms with E-state index in [4.69, 9.17) is 0 Å². The van der Waals surface area contributed by atoms with Gasteiger partial charge in [-0.1, -0.05) is 35.5 Å². The van der Waals surface area contributed by atoms with Crippen LogP contribution in [0.25, 0.3) is 6.08 Å². The molecule has 1 amide bonds. The molecule has 0 aliphatic carbocycles. The molecule has 98 valence electrons. The van der Waals surface area contributed by atoms with Gasteiger partial charge in [0.05, 0.1) is 19.9 Å². The molecule has 1 aromatic heterocycles. The zero-order valence-corrected chi connectivity index (χ0v) is 10.5. The fourth-order valence-electron chi connectivity index (χ4n) is 1.53. The Balaban J connectivity index is 1.97. The van der Waals surface area contributed by atoms with Crippen molar-refractivity contribution in [3.05, 3.63) is 53.9 Å². The third-order valence-corrected chi connectivity index (χ3v) is 2.35. The van der Waals surface area contributed by atoms with Gasteiger partial charge in [-0.25, -0.2) is 10.2 Å². The molecule has 6 nitrogen and oxygen atoms in total. The Morgan fingerprint density at radius 3 is 2.95 bits per heavy atom. The van der Waals surface area contributed by atoms with Gasteiger partial charge in [0.15, 0.2) is 0 Å². The Morgan fingerprint density at radius 1 is 1.42 bits per heavy atom. The zero-order chi connectivity index (χ0) is 13.5. The SMILES string of the molecule is CONC(=O)/C=C/c1cn(Cc2ccccc2)nn1. The van der Waals surface area contributed by atoms with E-state index in [2.05, 4.69) is 20.6 Å². The first-order chi connectivity index (χ1) is 9.28. The van der Waals surface area contributed by atoms with Crippen molar-refractivity contribution in [1.82, 2.24) is 20.5 Å². The summed E-state index contributed by atoms with van der Waals surface area (Å²) in [5, 5.41) is 7.94. The second-order valence-electron chi connectivity index (χ2n) is 3.83. The van der Waals surface area contributed by atoms with Crippen LogP contribution in [0.3, 0.4) is 0 Å². The van der Waals surface area contributed by atoms with Crippen LogP contribution in [0.1, 0.15) is 11.3 Å². The smallest absolute Gasteiger partial charge is 0.267 e. The van der Waals surface area contributed by atoms with Gasteiger partial charge in [0.2, 0.25) is 0 Å². The second-order valence-corrected chi connectivity index (χ2v) is 3.83. The number of carbonyl (C=O) groups excluding carboxylic acids is 1. The zero-order valence-electron chi connectivity index (χ0n) is 10.5. The molecule has 0 spiro atoms. The van der Waals surface area contributed by atoms with E-state index in [1.54, 1.807) is 17.0 Å².